The summed E-state index contributed by atoms with van der Waals surface area (Å²) in [6.45, 7) is 2.93. The lowest BCUT2D eigenvalue weighted by Gasteiger charge is -2.17. The van der Waals surface area contributed by atoms with E-state index in [4.69, 9.17) is 0 Å². The van der Waals surface area contributed by atoms with Crippen LogP contribution in [-0.2, 0) is 4.79 Å². The van der Waals surface area contributed by atoms with Gasteiger partial charge in [-0.05, 0) is 57.7 Å². The van der Waals surface area contributed by atoms with Gasteiger partial charge in [-0.1, -0.05) is 0 Å². The zero-order valence-electron chi connectivity index (χ0n) is 10.9. The first-order valence-corrected chi connectivity index (χ1v) is 7.62. The molecular weight excluding hydrogens is 490 g/mol. The number of halogens is 2. The van der Waals surface area contributed by atoms with Gasteiger partial charge in [-0.25, -0.2) is 4.79 Å². The smallest absolute Gasteiger partial charge is 0.337 e. The zero-order valence-corrected chi connectivity index (χ0v) is 15.2. The van der Waals surface area contributed by atoms with E-state index in [1.807, 2.05) is 45.2 Å². The van der Waals surface area contributed by atoms with Gasteiger partial charge in [0.15, 0.2) is 0 Å². The Morgan fingerprint density at radius 1 is 1.10 bits per heavy atom. The van der Waals surface area contributed by atoms with Gasteiger partial charge in [0.2, 0.25) is 5.91 Å². The highest BCUT2D eigenvalue weighted by Gasteiger charge is 2.26. The lowest BCUT2D eigenvalue weighted by Crippen LogP contribution is -2.24. The number of anilines is 1. The van der Waals surface area contributed by atoms with E-state index in [2.05, 4.69) is 10.6 Å². The number of carboxylic acid groups (broad SMARTS) is 1. The predicted molar refractivity (Wildman–Crippen MR) is 91.3 cm³/mol. The molecule has 0 fully saturated rings. The Hall–Kier alpha value is -0.910. The molecule has 0 radical (unpaired) electrons. The first-order chi connectivity index (χ1) is 9.22. The van der Waals surface area contributed by atoms with E-state index >= 15 is 0 Å². The van der Waals surface area contributed by atoms with Crippen LogP contribution in [0.5, 0.6) is 0 Å². The topological polar surface area (TPSA) is 95.5 Å². The Bertz CT molecular complexity index is 614. The zero-order chi connectivity index (χ0) is 15.6. The number of benzene rings is 1. The summed E-state index contributed by atoms with van der Waals surface area (Å²) in [5.74, 6) is -1.86. The number of carbonyl (C=O) groups excluding carboxylic acids is 2. The van der Waals surface area contributed by atoms with E-state index in [1.54, 1.807) is 6.92 Å². The molecule has 2 amide bonds. The second kappa shape index (κ2) is 6.70. The molecule has 0 saturated heterocycles. The molecule has 0 unspecified atom stereocenters. The Morgan fingerprint density at radius 3 is 2.05 bits per heavy atom. The fourth-order valence-corrected chi connectivity index (χ4v) is 4.42. The second-order valence-electron chi connectivity index (χ2n) is 3.94. The average Bonchev–Trinajstić information content (AvgIpc) is 2.33. The molecule has 0 aliphatic rings. The Balaban J connectivity index is 3.78. The summed E-state index contributed by atoms with van der Waals surface area (Å²) >= 11 is 3.77. The molecule has 0 spiro atoms. The Kier molecular flexibility index (Phi) is 5.74. The van der Waals surface area contributed by atoms with Gasteiger partial charge in [0.05, 0.1) is 20.4 Å². The van der Waals surface area contributed by atoms with Gasteiger partial charge in [0, 0.05) is 17.5 Å². The van der Waals surface area contributed by atoms with Gasteiger partial charge in [0.1, 0.15) is 0 Å². The van der Waals surface area contributed by atoms with Crippen LogP contribution in [0.1, 0.15) is 33.2 Å². The largest absolute Gasteiger partial charge is 0.478 e. The number of rotatable bonds is 3. The van der Waals surface area contributed by atoms with Crippen molar-refractivity contribution >= 4 is 68.7 Å². The number of carboxylic acids is 1. The summed E-state index contributed by atoms with van der Waals surface area (Å²) in [6.07, 6.45) is 0. The summed E-state index contributed by atoms with van der Waals surface area (Å²) in [5, 5.41) is 14.4. The van der Waals surface area contributed by atoms with Crippen LogP contribution in [0, 0.1) is 14.1 Å². The van der Waals surface area contributed by atoms with Crippen molar-refractivity contribution in [2.75, 3.05) is 12.4 Å². The molecule has 108 valence electrons. The van der Waals surface area contributed by atoms with Crippen molar-refractivity contribution in [3.05, 3.63) is 23.8 Å². The molecule has 8 heteroatoms. The average molecular weight is 502 g/mol. The van der Waals surface area contributed by atoms with Gasteiger partial charge >= 0.3 is 5.97 Å². The van der Waals surface area contributed by atoms with E-state index in [0.29, 0.717) is 18.4 Å². The standard InChI is InChI=1S/C12H12I2N2O4/c1-4-6(12(19)20)8(13)7(11(18)15-3)9(14)10(4)16-5(2)17/h1-3H3,(H,15,18)(H,16,17)(H,19,20). The molecule has 0 aliphatic carbocycles. The van der Waals surface area contributed by atoms with Crippen molar-refractivity contribution in [1.29, 1.82) is 0 Å². The Morgan fingerprint density at radius 2 is 1.65 bits per heavy atom. The SMILES string of the molecule is CNC(=O)c1c(I)c(NC(C)=O)c(C)c(C(=O)O)c1I. The quantitative estimate of drug-likeness (QED) is 0.553. The molecule has 0 saturated carbocycles. The normalized spacial score (nSPS) is 10.1. The highest BCUT2D eigenvalue weighted by atomic mass is 127. The van der Waals surface area contributed by atoms with Crippen molar-refractivity contribution in [1.82, 2.24) is 5.32 Å². The third kappa shape index (κ3) is 3.22. The van der Waals surface area contributed by atoms with Crippen molar-refractivity contribution in [3.8, 4) is 0 Å². The molecule has 1 aromatic carbocycles. The molecule has 20 heavy (non-hydrogen) atoms. The fourth-order valence-electron chi connectivity index (χ4n) is 1.70. The van der Waals surface area contributed by atoms with Crippen LogP contribution in [0.3, 0.4) is 0 Å². The summed E-state index contributed by atoms with van der Waals surface area (Å²) in [5.41, 5.74) is 1.05. The molecular formula is C12H12I2N2O4. The maximum absolute atomic E-state index is 12.0. The minimum atomic E-state index is -1.14. The minimum Gasteiger partial charge on any atom is -0.478 e. The van der Waals surface area contributed by atoms with Crippen LogP contribution < -0.4 is 10.6 Å². The molecule has 0 aliphatic heterocycles. The molecule has 0 aromatic heterocycles. The van der Waals surface area contributed by atoms with E-state index in [9.17, 15) is 19.5 Å². The fraction of sp³-hybridized carbons (Fsp3) is 0.250. The van der Waals surface area contributed by atoms with Crippen LogP contribution in [0.25, 0.3) is 0 Å². The maximum atomic E-state index is 12.0. The summed E-state index contributed by atoms with van der Waals surface area (Å²) in [6, 6.07) is 0. The third-order valence-electron chi connectivity index (χ3n) is 2.60. The van der Waals surface area contributed by atoms with E-state index < -0.39 is 11.9 Å². The number of amides is 2. The van der Waals surface area contributed by atoms with Gasteiger partial charge in [-0.3, -0.25) is 9.59 Å². The lowest BCUT2D eigenvalue weighted by molar-refractivity contribution is -0.114. The number of nitrogens with one attached hydrogen (secondary N) is 2. The Labute approximate surface area is 143 Å². The van der Waals surface area contributed by atoms with Gasteiger partial charge in [-0.2, -0.15) is 0 Å². The summed E-state index contributed by atoms with van der Waals surface area (Å²) < 4.78 is 0.870. The van der Waals surface area contributed by atoms with Gasteiger partial charge in [0.25, 0.3) is 5.91 Å². The van der Waals surface area contributed by atoms with Crippen LogP contribution in [0.15, 0.2) is 0 Å². The lowest BCUT2D eigenvalue weighted by atomic mass is 10.0. The molecule has 0 heterocycles. The molecule has 0 bridgehead atoms. The van der Waals surface area contributed by atoms with Crippen LogP contribution in [0.2, 0.25) is 0 Å². The van der Waals surface area contributed by atoms with Crippen LogP contribution in [-0.4, -0.2) is 29.9 Å². The highest BCUT2D eigenvalue weighted by molar-refractivity contribution is 14.1. The van der Waals surface area contributed by atoms with Crippen molar-refractivity contribution in [2.45, 2.75) is 13.8 Å². The summed E-state index contributed by atoms with van der Waals surface area (Å²) in [4.78, 5) is 34.6. The first kappa shape index (κ1) is 17.1. The minimum absolute atomic E-state index is 0.0216. The maximum Gasteiger partial charge on any atom is 0.337 e. The third-order valence-corrected chi connectivity index (χ3v) is 4.75. The van der Waals surface area contributed by atoms with E-state index in [-0.39, 0.29) is 17.0 Å². The van der Waals surface area contributed by atoms with E-state index in [0.717, 1.165) is 0 Å². The molecule has 3 N–H and O–H groups in total. The van der Waals surface area contributed by atoms with Crippen molar-refractivity contribution < 1.29 is 19.5 Å². The second-order valence-corrected chi connectivity index (χ2v) is 6.10. The highest BCUT2D eigenvalue weighted by Crippen LogP contribution is 2.34. The van der Waals surface area contributed by atoms with Gasteiger partial charge in [-0.15, -0.1) is 0 Å². The number of aromatic carboxylic acids is 1. The molecule has 1 aromatic rings. The van der Waals surface area contributed by atoms with E-state index in [1.165, 1.54) is 14.0 Å². The van der Waals surface area contributed by atoms with Crippen molar-refractivity contribution in [3.63, 3.8) is 0 Å². The van der Waals surface area contributed by atoms with Crippen molar-refractivity contribution in [2.24, 2.45) is 0 Å². The number of hydrogen-bond acceptors (Lipinski definition) is 3. The number of carbonyl (C=O) groups is 3. The van der Waals surface area contributed by atoms with Gasteiger partial charge < -0.3 is 15.7 Å². The summed E-state index contributed by atoms with van der Waals surface area (Å²) in [7, 11) is 1.47. The number of hydrogen-bond donors (Lipinski definition) is 3. The molecule has 6 nitrogen and oxygen atoms in total. The molecule has 1 rings (SSSR count). The monoisotopic (exact) mass is 502 g/mol. The molecule has 0 atom stereocenters. The first-order valence-electron chi connectivity index (χ1n) is 5.46. The van der Waals surface area contributed by atoms with Crippen LogP contribution >= 0.6 is 45.2 Å². The predicted octanol–water partition coefficient (Wildman–Crippen LogP) is 2.22. The van der Waals surface area contributed by atoms with Crippen LogP contribution in [0.4, 0.5) is 5.69 Å².